The van der Waals surface area contributed by atoms with Crippen molar-refractivity contribution in [3.05, 3.63) is 29.8 Å². The van der Waals surface area contributed by atoms with Crippen LogP contribution in [0.15, 0.2) is 24.3 Å². The molecule has 1 heterocycles. The van der Waals surface area contributed by atoms with E-state index < -0.39 is 0 Å². The van der Waals surface area contributed by atoms with Crippen molar-refractivity contribution in [1.82, 2.24) is 4.90 Å². The molecular weight excluding hydrogens is 228 g/mol. The fourth-order valence-electron chi connectivity index (χ4n) is 2.17. The van der Waals surface area contributed by atoms with Crippen LogP contribution in [-0.4, -0.2) is 37.1 Å². The SMILES string of the molecule is CN1C(=O)N(c2ccc(C#N)cc2)CC1CCN. The first kappa shape index (κ1) is 12.4. The number of anilines is 1. The lowest BCUT2D eigenvalue weighted by Gasteiger charge is -2.16. The van der Waals surface area contributed by atoms with Gasteiger partial charge in [-0.2, -0.15) is 5.26 Å². The number of hydrogen-bond acceptors (Lipinski definition) is 3. The maximum absolute atomic E-state index is 12.1. The first-order valence-electron chi connectivity index (χ1n) is 5.92. The van der Waals surface area contributed by atoms with E-state index in [1.165, 1.54) is 0 Å². The van der Waals surface area contributed by atoms with E-state index in [0.717, 1.165) is 12.1 Å². The molecule has 0 bridgehead atoms. The van der Waals surface area contributed by atoms with Gasteiger partial charge >= 0.3 is 6.03 Å². The van der Waals surface area contributed by atoms with Crippen LogP contribution in [-0.2, 0) is 0 Å². The summed E-state index contributed by atoms with van der Waals surface area (Å²) >= 11 is 0. The van der Waals surface area contributed by atoms with Gasteiger partial charge in [0.2, 0.25) is 0 Å². The third-order valence-corrected chi connectivity index (χ3v) is 3.28. The zero-order valence-electron chi connectivity index (χ0n) is 10.3. The molecule has 0 radical (unpaired) electrons. The molecule has 5 nitrogen and oxygen atoms in total. The Labute approximate surface area is 106 Å². The second-order valence-electron chi connectivity index (χ2n) is 4.39. The highest BCUT2D eigenvalue weighted by atomic mass is 16.2. The highest BCUT2D eigenvalue weighted by molar-refractivity contribution is 5.94. The minimum absolute atomic E-state index is 0.0156. The Kier molecular flexibility index (Phi) is 3.49. The van der Waals surface area contributed by atoms with Crippen LogP contribution in [0.5, 0.6) is 0 Å². The van der Waals surface area contributed by atoms with E-state index in [9.17, 15) is 4.79 Å². The van der Waals surface area contributed by atoms with E-state index in [-0.39, 0.29) is 12.1 Å². The van der Waals surface area contributed by atoms with E-state index >= 15 is 0 Å². The van der Waals surface area contributed by atoms with Gasteiger partial charge in [0, 0.05) is 19.3 Å². The number of likely N-dealkylation sites (N-methyl/N-ethyl adjacent to an activating group) is 1. The zero-order chi connectivity index (χ0) is 13.1. The Morgan fingerprint density at radius 3 is 2.67 bits per heavy atom. The molecule has 1 aliphatic rings. The molecule has 18 heavy (non-hydrogen) atoms. The third kappa shape index (κ3) is 2.15. The number of rotatable bonds is 3. The predicted molar refractivity (Wildman–Crippen MR) is 69.1 cm³/mol. The first-order chi connectivity index (χ1) is 8.67. The van der Waals surface area contributed by atoms with Gasteiger partial charge < -0.3 is 10.6 Å². The number of nitrogens with zero attached hydrogens (tertiary/aromatic N) is 3. The van der Waals surface area contributed by atoms with Crippen molar-refractivity contribution in [2.45, 2.75) is 12.5 Å². The monoisotopic (exact) mass is 244 g/mol. The number of hydrogen-bond donors (Lipinski definition) is 1. The smallest absolute Gasteiger partial charge is 0.324 e. The van der Waals surface area contributed by atoms with Crippen LogP contribution in [0.4, 0.5) is 10.5 Å². The maximum Gasteiger partial charge on any atom is 0.324 e. The van der Waals surface area contributed by atoms with Gasteiger partial charge in [-0.05, 0) is 37.2 Å². The lowest BCUT2D eigenvalue weighted by Crippen LogP contribution is -2.32. The molecule has 0 aromatic heterocycles. The Balaban J connectivity index is 2.18. The maximum atomic E-state index is 12.1. The van der Waals surface area contributed by atoms with Gasteiger partial charge in [-0.1, -0.05) is 0 Å². The van der Waals surface area contributed by atoms with Crippen molar-refractivity contribution in [2.24, 2.45) is 5.73 Å². The van der Waals surface area contributed by atoms with Crippen molar-refractivity contribution in [2.75, 3.05) is 25.0 Å². The molecule has 0 saturated carbocycles. The molecule has 2 N–H and O–H groups in total. The summed E-state index contributed by atoms with van der Waals surface area (Å²) in [6.45, 7) is 1.22. The molecular formula is C13H16N4O. The highest BCUT2D eigenvalue weighted by Gasteiger charge is 2.34. The van der Waals surface area contributed by atoms with Gasteiger partial charge in [0.25, 0.3) is 0 Å². The first-order valence-corrected chi connectivity index (χ1v) is 5.92. The largest absolute Gasteiger partial charge is 0.330 e. The summed E-state index contributed by atoms with van der Waals surface area (Å²) < 4.78 is 0. The van der Waals surface area contributed by atoms with E-state index in [1.54, 1.807) is 41.1 Å². The molecule has 1 aromatic carbocycles. The molecule has 1 atom stereocenters. The molecule has 1 fully saturated rings. The van der Waals surface area contributed by atoms with E-state index in [1.807, 2.05) is 0 Å². The summed E-state index contributed by atoms with van der Waals surface area (Å²) in [6.07, 6.45) is 0.801. The highest BCUT2D eigenvalue weighted by Crippen LogP contribution is 2.24. The Morgan fingerprint density at radius 2 is 2.11 bits per heavy atom. The fraction of sp³-hybridized carbons (Fsp3) is 0.385. The number of nitrogens with two attached hydrogens (primary N) is 1. The van der Waals surface area contributed by atoms with Crippen LogP contribution in [0.25, 0.3) is 0 Å². The van der Waals surface area contributed by atoms with Crippen molar-refractivity contribution >= 4 is 11.7 Å². The Hall–Kier alpha value is -2.06. The van der Waals surface area contributed by atoms with Crippen LogP contribution in [0, 0.1) is 11.3 Å². The van der Waals surface area contributed by atoms with Gasteiger partial charge in [-0.25, -0.2) is 4.79 Å². The van der Waals surface area contributed by atoms with Gasteiger partial charge in [-0.3, -0.25) is 4.90 Å². The lowest BCUT2D eigenvalue weighted by molar-refractivity contribution is 0.217. The third-order valence-electron chi connectivity index (χ3n) is 3.28. The van der Waals surface area contributed by atoms with Crippen molar-refractivity contribution in [3.8, 4) is 6.07 Å². The molecule has 94 valence electrons. The lowest BCUT2D eigenvalue weighted by atomic mass is 10.2. The molecule has 1 unspecified atom stereocenters. The molecule has 1 aromatic rings. The molecule has 0 aliphatic carbocycles. The van der Waals surface area contributed by atoms with Crippen molar-refractivity contribution < 1.29 is 4.79 Å². The van der Waals surface area contributed by atoms with E-state index in [0.29, 0.717) is 18.7 Å². The Bertz CT molecular complexity index is 477. The van der Waals surface area contributed by atoms with Gasteiger partial charge in [0.05, 0.1) is 17.7 Å². The second kappa shape index (κ2) is 5.07. The van der Waals surface area contributed by atoms with Crippen LogP contribution < -0.4 is 10.6 Å². The van der Waals surface area contributed by atoms with Gasteiger partial charge in [-0.15, -0.1) is 0 Å². The average Bonchev–Trinajstić information content (AvgIpc) is 2.68. The molecule has 2 amide bonds. The van der Waals surface area contributed by atoms with Crippen LogP contribution in [0.2, 0.25) is 0 Å². The summed E-state index contributed by atoms with van der Waals surface area (Å²) in [5, 5.41) is 8.75. The minimum Gasteiger partial charge on any atom is -0.330 e. The number of amides is 2. The summed E-state index contributed by atoms with van der Waals surface area (Å²) in [7, 11) is 1.80. The second-order valence-corrected chi connectivity index (χ2v) is 4.39. The topological polar surface area (TPSA) is 73.4 Å². The van der Waals surface area contributed by atoms with Crippen molar-refractivity contribution in [1.29, 1.82) is 5.26 Å². The zero-order valence-corrected chi connectivity index (χ0v) is 10.3. The molecule has 2 rings (SSSR count). The fourth-order valence-corrected chi connectivity index (χ4v) is 2.17. The van der Waals surface area contributed by atoms with Crippen LogP contribution >= 0.6 is 0 Å². The number of carbonyl (C=O) groups is 1. The van der Waals surface area contributed by atoms with Gasteiger partial charge in [0.1, 0.15) is 0 Å². The molecule has 1 saturated heterocycles. The number of benzene rings is 1. The van der Waals surface area contributed by atoms with Crippen molar-refractivity contribution in [3.63, 3.8) is 0 Å². The van der Waals surface area contributed by atoms with Gasteiger partial charge in [0.15, 0.2) is 0 Å². The Morgan fingerprint density at radius 1 is 1.44 bits per heavy atom. The summed E-state index contributed by atoms with van der Waals surface area (Å²) in [4.78, 5) is 15.5. The normalized spacial score (nSPS) is 19.2. The number of nitriles is 1. The summed E-state index contributed by atoms with van der Waals surface area (Å²) in [5.41, 5.74) is 6.96. The number of carbonyl (C=O) groups excluding carboxylic acids is 1. The van der Waals surface area contributed by atoms with E-state index in [2.05, 4.69) is 6.07 Å². The molecule has 1 aliphatic heterocycles. The van der Waals surface area contributed by atoms with Crippen LogP contribution in [0.3, 0.4) is 0 Å². The van der Waals surface area contributed by atoms with Crippen LogP contribution in [0.1, 0.15) is 12.0 Å². The average molecular weight is 244 g/mol. The minimum atomic E-state index is -0.0156. The standard InChI is InChI=1S/C13H16N4O/c1-16-12(6-7-14)9-17(13(16)18)11-4-2-10(8-15)3-5-11/h2-5,12H,6-7,9,14H2,1H3. The molecule has 0 spiro atoms. The quantitative estimate of drug-likeness (QED) is 0.866. The van der Waals surface area contributed by atoms with E-state index in [4.69, 9.17) is 11.0 Å². The summed E-state index contributed by atoms with van der Waals surface area (Å²) in [6, 6.07) is 9.26. The number of urea groups is 1. The predicted octanol–water partition coefficient (Wildman–Crippen LogP) is 1.15. The molecule has 5 heteroatoms. The summed E-state index contributed by atoms with van der Waals surface area (Å²) in [5.74, 6) is 0.